The lowest BCUT2D eigenvalue weighted by Crippen LogP contribution is -2.18. The Morgan fingerprint density at radius 1 is 1.38 bits per heavy atom. The molecule has 1 aromatic heterocycles. The van der Waals surface area contributed by atoms with E-state index in [0.29, 0.717) is 18.2 Å². The van der Waals surface area contributed by atoms with E-state index in [1.165, 1.54) is 25.0 Å². The first kappa shape index (κ1) is 13.8. The molecule has 1 heterocycles. The van der Waals surface area contributed by atoms with Crippen molar-refractivity contribution in [3.05, 3.63) is 63.7 Å². The highest BCUT2D eigenvalue weighted by molar-refractivity contribution is 5.40. The summed E-state index contributed by atoms with van der Waals surface area (Å²) in [6.07, 6.45) is 4.27. The highest BCUT2D eigenvalue weighted by Gasteiger charge is 2.21. The molecule has 1 aliphatic rings. The molecule has 6 heteroatoms. The van der Waals surface area contributed by atoms with E-state index in [2.05, 4.69) is 5.32 Å². The molecule has 1 N–H and O–H groups in total. The van der Waals surface area contributed by atoms with E-state index in [1.54, 1.807) is 0 Å². The summed E-state index contributed by atoms with van der Waals surface area (Å²) in [5, 5.41) is 14.4. The second-order valence-electron chi connectivity index (χ2n) is 5.31. The van der Waals surface area contributed by atoms with Gasteiger partial charge >= 0.3 is 0 Å². The Kier molecular flexibility index (Phi) is 3.70. The number of hydrogen-bond acceptors (Lipinski definition) is 3. The third-order valence-corrected chi connectivity index (χ3v) is 3.65. The monoisotopic (exact) mass is 289 g/mol. The van der Waals surface area contributed by atoms with E-state index in [9.17, 15) is 14.5 Å². The first-order valence-electron chi connectivity index (χ1n) is 6.93. The summed E-state index contributed by atoms with van der Waals surface area (Å²) in [6.45, 7) is 1.02. The van der Waals surface area contributed by atoms with Gasteiger partial charge in [-0.05, 0) is 37.1 Å². The van der Waals surface area contributed by atoms with Crippen molar-refractivity contribution in [2.45, 2.75) is 32.0 Å². The Labute approximate surface area is 121 Å². The number of halogens is 1. The minimum absolute atomic E-state index is 0.0498. The number of nitro groups is 1. The number of rotatable bonds is 6. The van der Waals surface area contributed by atoms with Gasteiger partial charge in [-0.25, -0.2) is 4.39 Å². The van der Waals surface area contributed by atoms with Crippen LogP contribution in [0.5, 0.6) is 0 Å². The molecular formula is C15H16FN3O2. The van der Waals surface area contributed by atoms with Crippen LogP contribution in [0, 0.1) is 15.9 Å². The van der Waals surface area contributed by atoms with Gasteiger partial charge in [0.25, 0.3) is 5.69 Å². The van der Waals surface area contributed by atoms with Crippen LogP contribution in [0.4, 0.5) is 10.1 Å². The van der Waals surface area contributed by atoms with Gasteiger partial charge in [0.05, 0.1) is 17.0 Å². The molecule has 1 aliphatic carbocycles. The Balaban J connectivity index is 1.81. The molecule has 1 aromatic carbocycles. The molecule has 0 radical (unpaired) electrons. The zero-order valence-electron chi connectivity index (χ0n) is 11.5. The molecule has 0 amide bonds. The van der Waals surface area contributed by atoms with Crippen LogP contribution < -0.4 is 5.32 Å². The molecule has 5 nitrogen and oxygen atoms in total. The first-order chi connectivity index (χ1) is 10.1. The summed E-state index contributed by atoms with van der Waals surface area (Å²) in [4.78, 5) is 10.6. The summed E-state index contributed by atoms with van der Waals surface area (Å²) in [7, 11) is 0. The lowest BCUT2D eigenvalue weighted by atomic mass is 10.1. The maximum Gasteiger partial charge on any atom is 0.274 e. The van der Waals surface area contributed by atoms with Crippen LogP contribution in [0.1, 0.15) is 24.1 Å². The summed E-state index contributed by atoms with van der Waals surface area (Å²) in [5.74, 6) is -0.458. The maximum absolute atomic E-state index is 13.4. The van der Waals surface area contributed by atoms with Gasteiger partial charge in [0.2, 0.25) is 0 Å². The predicted octanol–water partition coefficient (Wildman–Crippen LogP) is 2.84. The standard InChI is InChI=1S/C15H16FN3O2/c16-12-3-6-15(19(20)21)11(8-12)10-18-7-1-2-14(18)9-17-13-4-5-13/h1-3,6-8,13,17H,4-5,9-10H2. The van der Waals surface area contributed by atoms with Gasteiger partial charge in [0.15, 0.2) is 0 Å². The molecule has 1 saturated carbocycles. The fourth-order valence-electron chi connectivity index (χ4n) is 2.34. The third kappa shape index (κ3) is 3.28. The maximum atomic E-state index is 13.4. The Hall–Kier alpha value is -2.21. The molecule has 0 spiro atoms. The summed E-state index contributed by atoms with van der Waals surface area (Å²) in [6, 6.07) is 8.03. The average molecular weight is 289 g/mol. The van der Waals surface area contributed by atoms with Crippen LogP contribution in [0.25, 0.3) is 0 Å². The molecule has 2 aromatic rings. The number of nitrogens with zero attached hydrogens (tertiary/aromatic N) is 2. The fourth-order valence-corrected chi connectivity index (χ4v) is 2.34. The minimum atomic E-state index is -0.472. The van der Waals surface area contributed by atoms with Gasteiger partial charge in [-0.2, -0.15) is 0 Å². The molecule has 110 valence electrons. The van der Waals surface area contributed by atoms with Crippen molar-refractivity contribution >= 4 is 5.69 Å². The highest BCUT2D eigenvalue weighted by Crippen LogP contribution is 2.22. The molecule has 0 unspecified atom stereocenters. The minimum Gasteiger partial charge on any atom is -0.346 e. The van der Waals surface area contributed by atoms with E-state index < -0.39 is 10.7 Å². The second-order valence-corrected chi connectivity index (χ2v) is 5.31. The van der Waals surface area contributed by atoms with E-state index in [1.807, 2.05) is 22.9 Å². The van der Waals surface area contributed by atoms with Gasteiger partial charge in [-0.1, -0.05) is 0 Å². The van der Waals surface area contributed by atoms with Crippen LogP contribution in [0.3, 0.4) is 0 Å². The van der Waals surface area contributed by atoms with Crippen LogP contribution in [-0.4, -0.2) is 15.5 Å². The predicted molar refractivity (Wildman–Crippen MR) is 76.5 cm³/mol. The van der Waals surface area contributed by atoms with Crippen molar-refractivity contribution in [1.82, 2.24) is 9.88 Å². The van der Waals surface area contributed by atoms with Crippen LogP contribution in [0.2, 0.25) is 0 Å². The van der Waals surface area contributed by atoms with Gasteiger partial charge in [-0.3, -0.25) is 10.1 Å². The van der Waals surface area contributed by atoms with Crippen LogP contribution in [0.15, 0.2) is 36.5 Å². The molecule has 1 fully saturated rings. The van der Waals surface area contributed by atoms with Crippen molar-refractivity contribution in [3.63, 3.8) is 0 Å². The van der Waals surface area contributed by atoms with E-state index in [0.717, 1.165) is 18.3 Å². The topological polar surface area (TPSA) is 60.1 Å². The normalized spacial score (nSPS) is 14.3. The summed E-state index contributed by atoms with van der Waals surface area (Å²) < 4.78 is 15.3. The molecule has 0 atom stereocenters. The zero-order valence-corrected chi connectivity index (χ0v) is 11.5. The van der Waals surface area contributed by atoms with Gasteiger partial charge in [-0.15, -0.1) is 0 Å². The number of aromatic nitrogens is 1. The van der Waals surface area contributed by atoms with Gasteiger partial charge < -0.3 is 9.88 Å². The summed E-state index contributed by atoms with van der Waals surface area (Å²) >= 11 is 0. The highest BCUT2D eigenvalue weighted by atomic mass is 19.1. The fraction of sp³-hybridized carbons (Fsp3) is 0.333. The Morgan fingerprint density at radius 3 is 2.90 bits per heavy atom. The largest absolute Gasteiger partial charge is 0.346 e. The number of hydrogen-bond donors (Lipinski definition) is 1. The van der Waals surface area contributed by atoms with Crippen molar-refractivity contribution in [1.29, 1.82) is 0 Å². The van der Waals surface area contributed by atoms with Crippen molar-refractivity contribution in [2.75, 3.05) is 0 Å². The smallest absolute Gasteiger partial charge is 0.274 e. The van der Waals surface area contributed by atoms with Crippen molar-refractivity contribution in [2.24, 2.45) is 0 Å². The second kappa shape index (κ2) is 5.65. The van der Waals surface area contributed by atoms with Gasteiger partial charge in [0.1, 0.15) is 5.82 Å². The Morgan fingerprint density at radius 2 is 2.19 bits per heavy atom. The number of nitrogens with one attached hydrogen (secondary N) is 1. The van der Waals surface area contributed by atoms with Crippen molar-refractivity contribution < 1.29 is 9.31 Å². The first-order valence-corrected chi connectivity index (χ1v) is 6.93. The molecule has 21 heavy (non-hydrogen) atoms. The molecule has 0 aliphatic heterocycles. The van der Waals surface area contributed by atoms with Gasteiger partial charge in [0, 0.05) is 30.5 Å². The van der Waals surface area contributed by atoms with E-state index >= 15 is 0 Å². The van der Waals surface area contributed by atoms with Crippen LogP contribution in [-0.2, 0) is 13.1 Å². The summed E-state index contributed by atoms with van der Waals surface area (Å²) in [5.41, 5.74) is 1.37. The Bertz CT molecular complexity index is 665. The molecule has 3 rings (SSSR count). The average Bonchev–Trinajstić information content (AvgIpc) is 3.17. The molecule has 0 saturated heterocycles. The van der Waals surface area contributed by atoms with E-state index in [-0.39, 0.29) is 5.69 Å². The lowest BCUT2D eigenvalue weighted by Gasteiger charge is -2.10. The number of nitro benzene ring substituents is 1. The lowest BCUT2D eigenvalue weighted by molar-refractivity contribution is -0.385. The third-order valence-electron chi connectivity index (χ3n) is 3.65. The van der Waals surface area contributed by atoms with Crippen molar-refractivity contribution in [3.8, 4) is 0 Å². The molecular weight excluding hydrogens is 273 g/mol. The SMILES string of the molecule is O=[N+]([O-])c1ccc(F)cc1Cn1cccc1CNC1CC1. The quantitative estimate of drug-likeness (QED) is 0.657. The van der Waals surface area contributed by atoms with E-state index in [4.69, 9.17) is 0 Å². The van der Waals surface area contributed by atoms with Crippen LogP contribution >= 0.6 is 0 Å². The zero-order chi connectivity index (χ0) is 14.8. The molecule has 0 bridgehead atoms. The number of benzene rings is 1.